The monoisotopic (exact) mass is 1200 g/mol. The smallest absolute Gasteiger partial charge is 0.314 e. The summed E-state index contributed by atoms with van der Waals surface area (Å²) in [5, 5.41) is 31.8. The Morgan fingerprint density at radius 1 is 0.420 bits per heavy atom. The van der Waals surface area contributed by atoms with Crippen LogP contribution in [0.2, 0.25) is 0 Å². The Morgan fingerprint density at radius 2 is 0.705 bits per heavy atom. The van der Waals surface area contributed by atoms with Gasteiger partial charge in [-0.05, 0) is 117 Å². The van der Waals surface area contributed by atoms with Crippen LogP contribution in [0.1, 0.15) is 95.7 Å². The summed E-state index contributed by atoms with van der Waals surface area (Å²) >= 11 is 4.81. The number of hydrogen-bond donors (Lipinski definition) is 5. The minimum absolute atomic E-state index is 0.0689. The maximum absolute atomic E-state index is 12.3. The number of non-ortho nitro benzene ring substituents is 2. The standard InChI is InChI=1S/C17H12N2O5.C14H6N2O6.C14H10N2O2.C14H8O2.C4H5ClO3/c18-8-1-3-10-11-4-2-9(19-14(20)7-15(21)22)6-13(11)17(24)16(23)12(10)5-8;17-13-11-5-7(15(19)20)1-3-9(11)10-4-2-8(16(21)22)6-12(10)14(13)18;15-7-1-3-9-10-4-2-8(16)6-12(10)14(18)13(17)11(9)5-7;15-13-11-7-3-1-5-9(11)10-6-2-4-8-12(10)14(13)16;1-8-4(7)2-3(5)6/h1-6H,7,18H2,(H,19,20)(H,21,22);1-6H;1-6H,15-16H2;1-8H;2H2,1H3. The Kier molecular flexibility index (Phi) is 18.0. The summed E-state index contributed by atoms with van der Waals surface area (Å²) in [4.78, 5) is 159. The molecule has 0 spiro atoms. The van der Waals surface area contributed by atoms with Crippen molar-refractivity contribution in [1.29, 1.82) is 0 Å². The van der Waals surface area contributed by atoms with E-state index in [-0.39, 0.29) is 45.7 Å². The van der Waals surface area contributed by atoms with Crippen LogP contribution in [0.4, 0.5) is 34.1 Å². The lowest BCUT2D eigenvalue weighted by atomic mass is 9.83. The zero-order valence-electron chi connectivity index (χ0n) is 45.3. The highest BCUT2D eigenvalue weighted by Crippen LogP contribution is 2.40. The third kappa shape index (κ3) is 12.9. The van der Waals surface area contributed by atoms with Gasteiger partial charge >= 0.3 is 11.9 Å². The van der Waals surface area contributed by atoms with Crippen LogP contribution < -0.4 is 22.5 Å². The molecule has 0 atom stereocenters. The first kappa shape index (κ1) is 61.8. The number of fused-ring (bicyclic) bond motifs is 12. The van der Waals surface area contributed by atoms with Crippen molar-refractivity contribution in [2.45, 2.75) is 12.8 Å². The molecule has 0 aromatic heterocycles. The molecule has 1 amide bonds. The molecule has 8 aromatic rings. The first-order chi connectivity index (χ1) is 41.8. The Labute approximate surface area is 499 Å². The second-order valence-corrected chi connectivity index (χ2v) is 19.5. The van der Waals surface area contributed by atoms with Crippen LogP contribution in [0.25, 0.3) is 44.5 Å². The number of amides is 1. The van der Waals surface area contributed by atoms with Crippen molar-refractivity contribution in [2.24, 2.45) is 0 Å². The van der Waals surface area contributed by atoms with E-state index in [2.05, 4.69) is 10.1 Å². The Morgan fingerprint density at radius 3 is 1.01 bits per heavy atom. The molecule has 0 bridgehead atoms. The predicted molar refractivity (Wildman–Crippen MR) is 317 cm³/mol. The Hall–Kier alpha value is -12.3. The number of Topliss-reactive ketones (excluding diaryl/α,β-unsaturated/α-hetero) is 8. The number of nitrogen functional groups attached to an aromatic ring is 3. The van der Waals surface area contributed by atoms with Gasteiger partial charge in [0.15, 0.2) is 0 Å². The van der Waals surface area contributed by atoms with Crippen LogP contribution in [-0.2, 0) is 23.9 Å². The number of carboxylic acids is 1. The van der Waals surface area contributed by atoms with E-state index in [1.54, 1.807) is 72.8 Å². The second-order valence-electron chi connectivity index (χ2n) is 19.1. The number of carbonyl (C=O) groups is 12. The van der Waals surface area contributed by atoms with Gasteiger partial charge in [0, 0.05) is 91.5 Å². The fraction of sp³-hybridized carbons (Fsp3) is 0.0476. The van der Waals surface area contributed by atoms with E-state index in [1.807, 2.05) is 24.3 Å². The first-order valence-corrected chi connectivity index (χ1v) is 25.9. The van der Waals surface area contributed by atoms with Gasteiger partial charge in [-0.25, -0.2) is 0 Å². The number of carbonyl (C=O) groups excluding carboxylic acids is 11. The second kappa shape index (κ2) is 25.7. The Balaban J connectivity index is 0.000000147. The SMILES string of the molecule is COC(=O)CC(=O)Cl.Nc1ccc2c(c1)C(=O)C(=O)c1cc(N)ccc1-2.Nc1ccc2c(c1)C(=O)C(=O)c1cc(NC(=O)CC(=O)O)ccc1-2.O=C1C(=O)c2cc([N+](=O)[O-])ccc2-c2ccc([N+](=O)[O-])cc21.O=C1C(=O)c2ccccc2-c2ccccc21. The number of nitrogens with zero attached hydrogens (tertiary/aromatic N) is 2. The summed E-state index contributed by atoms with van der Waals surface area (Å²) in [7, 11) is 1.20. The molecular formula is C63H41ClN6O18. The molecule has 4 aliphatic rings. The summed E-state index contributed by atoms with van der Waals surface area (Å²) in [6.07, 6.45) is -1.04. The van der Waals surface area contributed by atoms with Crippen LogP contribution >= 0.6 is 11.6 Å². The number of nitrogens with two attached hydrogens (primary N) is 3. The highest BCUT2D eigenvalue weighted by molar-refractivity contribution is 6.64. The largest absolute Gasteiger partial charge is 0.481 e. The van der Waals surface area contributed by atoms with Gasteiger partial charge in [0.05, 0.1) is 17.0 Å². The summed E-state index contributed by atoms with van der Waals surface area (Å²) in [6.45, 7) is 0. The number of ketones is 8. The van der Waals surface area contributed by atoms with E-state index in [1.165, 1.54) is 55.6 Å². The molecule has 0 fully saturated rings. The minimum atomic E-state index is -1.26. The molecule has 0 radical (unpaired) electrons. The van der Waals surface area contributed by atoms with E-state index >= 15 is 0 Å². The number of benzene rings is 8. The van der Waals surface area contributed by atoms with Gasteiger partial charge in [-0.15, -0.1) is 0 Å². The third-order valence-corrected chi connectivity index (χ3v) is 13.6. The van der Waals surface area contributed by atoms with Crippen molar-refractivity contribution < 1.29 is 77.2 Å². The van der Waals surface area contributed by atoms with E-state index in [9.17, 15) is 77.8 Å². The summed E-state index contributed by atoms with van der Waals surface area (Å²) < 4.78 is 4.12. The number of hydrogen-bond acceptors (Lipinski definition) is 20. The lowest BCUT2D eigenvalue weighted by molar-refractivity contribution is -0.385. The van der Waals surface area contributed by atoms with Gasteiger partial charge in [0.25, 0.3) is 11.4 Å². The molecule has 0 heterocycles. The van der Waals surface area contributed by atoms with Gasteiger partial charge < -0.3 is 32.4 Å². The van der Waals surface area contributed by atoms with Crippen molar-refractivity contribution >= 4 is 115 Å². The quantitative estimate of drug-likeness (QED) is 0.0189. The van der Waals surface area contributed by atoms with Gasteiger partial charge in [0.1, 0.15) is 12.8 Å². The van der Waals surface area contributed by atoms with Crippen molar-refractivity contribution in [3.63, 3.8) is 0 Å². The van der Waals surface area contributed by atoms with Gasteiger partial charge in [-0.3, -0.25) is 77.8 Å². The van der Waals surface area contributed by atoms with E-state index < -0.39 is 85.6 Å². The van der Waals surface area contributed by atoms with E-state index in [4.69, 9.17) is 33.9 Å². The zero-order valence-corrected chi connectivity index (χ0v) is 46.1. The summed E-state index contributed by atoms with van der Waals surface area (Å²) in [6, 6.07) is 41.0. The fourth-order valence-corrected chi connectivity index (χ4v) is 9.58. The van der Waals surface area contributed by atoms with Crippen LogP contribution in [0.15, 0.2) is 158 Å². The lowest BCUT2D eigenvalue weighted by Gasteiger charge is -2.19. The molecule has 0 aliphatic heterocycles. The maximum atomic E-state index is 12.3. The van der Waals surface area contributed by atoms with Crippen molar-refractivity contribution in [3.8, 4) is 44.5 Å². The minimum Gasteiger partial charge on any atom is -0.481 e. The molecule has 8 N–H and O–H groups in total. The molecule has 12 rings (SSSR count). The molecular weight excluding hydrogens is 1160 g/mol. The topological polar surface area (TPSA) is 411 Å². The third-order valence-electron chi connectivity index (χ3n) is 13.5. The molecule has 25 heteroatoms. The maximum Gasteiger partial charge on any atom is 0.314 e. The molecule has 8 aromatic carbocycles. The summed E-state index contributed by atoms with van der Waals surface area (Å²) in [5.41, 5.74) is 24.9. The molecule has 4 aliphatic carbocycles. The number of esters is 1. The number of nitro benzene ring substituents is 2. The average Bonchev–Trinajstić information content (AvgIpc) is 1.51. The average molecular weight is 1210 g/mol. The van der Waals surface area contributed by atoms with Crippen LogP contribution in [0.3, 0.4) is 0 Å². The molecule has 88 heavy (non-hydrogen) atoms. The molecule has 24 nitrogen and oxygen atoms in total. The Bertz CT molecular complexity index is 4270. The number of nitrogens with one attached hydrogen (secondary N) is 1. The number of methoxy groups -OCH3 is 1. The van der Waals surface area contributed by atoms with Gasteiger partial charge in [-0.1, -0.05) is 72.8 Å². The van der Waals surface area contributed by atoms with Crippen LogP contribution in [0, 0.1) is 20.2 Å². The lowest BCUT2D eigenvalue weighted by Crippen LogP contribution is -2.22. The highest BCUT2D eigenvalue weighted by Gasteiger charge is 2.35. The van der Waals surface area contributed by atoms with Gasteiger partial charge in [-0.2, -0.15) is 0 Å². The van der Waals surface area contributed by atoms with Crippen LogP contribution in [0.5, 0.6) is 0 Å². The van der Waals surface area contributed by atoms with Crippen LogP contribution in [-0.4, -0.2) is 91.4 Å². The number of nitro groups is 2. The van der Waals surface area contributed by atoms with Crippen molar-refractivity contribution in [2.75, 3.05) is 29.6 Å². The van der Waals surface area contributed by atoms with Gasteiger partial charge in [0.2, 0.25) is 57.4 Å². The molecule has 0 saturated heterocycles. The van der Waals surface area contributed by atoms with Crippen molar-refractivity contribution in [3.05, 3.63) is 222 Å². The molecule has 0 saturated carbocycles. The number of carboxylic acid groups (broad SMARTS) is 1. The van der Waals surface area contributed by atoms with E-state index in [0.29, 0.717) is 61.6 Å². The number of halogens is 1. The van der Waals surface area contributed by atoms with Crippen molar-refractivity contribution in [1.82, 2.24) is 0 Å². The normalized spacial score (nSPS) is 12.3. The number of ether oxygens (including phenoxy) is 1. The summed E-state index contributed by atoms with van der Waals surface area (Å²) in [5.74, 6) is -7.65. The van der Waals surface area contributed by atoms with E-state index in [0.717, 1.165) is 34.4 Å². The molecule has 0 unspecified atom stereocenters. The number of aliphatic carboxylic acids is 1. The predicted octanol–water partition coefficient (Wildman–Crippen LogP) is 9.22. The zero-order chi connectivity index (χ0) is 64.0. The first-order valence-electron chi connectivity index (χ1n) is 25.5. The number of anilines is 4. The highest BCUT2D eigenvalue weighted by atomic mass is 35.5. The fourth-order valence-electron chi connectivity index (χ4n) is 9.47. The molecule has 438 valence electrons. The number of rotatable bonds is 7.